The summed E-state index contributed by atoms with van der Waals surface area (Å²) in [5.74, 6) is 0.336. The summed E-state index contributed by atoms with van der Waals surface area (Å²) >= 11 is 3.61. The molecular formula is C26H26BrNO5. The van der Waals surface area contributed by atoms with Crippen molar-refractivity contribution in [1.82, 2.24) is 5.32 Å². The fourth-order valence-electron chi connectivity index (χ4n) is 4.78. The molecule has 0 aromatic heterocycles. The molecule has 2 atom stereocenters. The van der Waals surface area contributed by atoms with Crippen molar-refractivity contribution >= 4 is 27.7 Å². The number of carbonyl (C=O) groups excluding carboxylic acids is 2. The Morgan fingerprint density at radius 3 is 2.42 bits per heavy atom. The number of Topliss-reactive ketones (excluding diaryl/α,β-unsaturated/α-hetero) is 1. The highest BCUT2D eigenvalue weighted by molar-refractivity contribution is 9.10. The van der Waals surface area contributed by atoms with E-state index in [9.17, 15) is 9.59 Å². The molecule has 6 nitrogen and oxygen atoms in total. The zero-order chi connectivity index (χ0) is 23.7. The second kappa shape index (κ2) is 9.43. The van der Waals surface area contributed by atoms with Gasteiger partial charge in [0.25, 0.3) is 0 Å². The lowest BCUT2D eigenvalue weighted by atomic mass is 9.71. The quantitative estimate of drug-likeness (QED) is 0.569. The highest BCUT2D eigenvalue weighted by Crippen LogP contribution is 2.47. The average molecular weight is 512 g/mol. The SMILES string of the molecule is COC(=O)C1=C(C)NC2=C(C(=O)C[C@@H](c3ccc(OC)c(OC)c3)C2)[C@H]1c1ccccc1Br. The van der Waals surface area contributed by atoms with Crippen molar-refractivity contribution in [3.8, 4) is 11.5 Å². The monoisotopic (exact) mass is 511 g/mol. The van der Waals surface area contributed by atoms with Gasteiger partial charge < -0.3 is 19.5 Å². The second-order valence-electron chi connectivity index (χ2n) is 8.14. The Kier molecular flexibility index (Phi) is 6.61. The number of hydrogen-bond acceptors (Lipinski definition) is 6. The van der Waals surface area contributed by atoms with E-state index in [1.807, 2.05) is 49.4 Å². The zero-order valence-corrected chi connectivity index (χ0v) is 20.6. The van der Waals surface area contributed by atoms with Gasteiger partial charge in [-0.2, -0.15) is 0 Å². The van der Waals surface area contributed by atoms with Gasteiger partial charge in [0, 0.05) is 33.8 Å². The lowest BCUT2D eigenvalue weighted by Gasteiger charge is -2.37. The molecule has 0 radical (unpaired) electrons. The summed E-state index contributed by atoms with van der Waals surface area (Å²) in [6, 6.07) is 13.4. The standard InChI is InChI=1S/C26H26BrNO5/c1-14-23(26(30)33-4)24(17-7-5-6-8-18(17)27)25-19(28-14)11-16(12-20(25)29)15-9-10-21(31-2)22(13-15)32-3/h5-10,13,16,24,28H,11-12H2,1-4H3/t16-,24-/m0/s1. The van der Waals surface area contributed by atoms with Crippen LogP contribution < -0.4 is 14.8 Å². The number of dihydropyridines is 1. The summed E-state index contributed by atoms with van der Waals surface area (Å²) in [6.07, 6.45) is 0.980. The predicted molar refractivity (Wildman–Crippen MR) is 128 cm³/mol. The Morgan fingerprint density at radius 1 is 1.03 bits per heavy atom. The van der Waals surface area contributed by atoms with Crippen LogP contribution in [-0.2, 0) is 14.3 Å². The Balaban J connectivity index is 1.79. The molecular weight excluding hydrogens is 486 g/mol. The number of allylic oxidation sites excluding steroid dienone is 3. The molecule has 1 heterocycles. The van der Waals surface area contributed by atoms with Gasteiger partial charge in [0.15, 0.2) is 17.3 Å². The Bertz CT molecular complexity index is 1180. The van der Waals surface area contributed by atoms with E-state index < -0.39 is 11.9 Å². The molecule has 1 aliphatic heterocycles. The molecule has 7 heteroatoms. The summed E-state index contributed by atoms with van der Waals surface area (Å²) in [5, 5.41) is 3.35. The van der Waals surface area contributed by atoms with E-state index in [2.05, 4.69) is 21.2 Å². The number of rotatable bonds is 5. The zero-order valence-electron chi connectivity index (χ0n) is 19.0. The second-order valence-corrected chi connectivity index (χ2v) is 9.00. The predicted octanol–water partition coefficient (Wildman–Crippen LogP) is 5.00. The molecule has 2 aromatic rings. The lowest BCUT2D eigenvalue weighted by molar-refractivity contribution is -0.136. The average Bonchev–Trinajstić information content (AvgIpc) is 2.82. The van der Waals surface area contributed by atoms with E-state index in [4.69, 9.17) is 14.2 Å². The van der Waals surface area contributed by atoms with Gasteiger partial charge in [-0.05, 0) is 48.6 Å². The van der Waals surface area contributed by atoms with E-state index in [1.165, 1.54) is 7.11 Å². The molecule has 0 unspecified atom stereocenters. The van der Waals surface area contributed by atoms with Gasteiger partial charge in [0.05, 0.1) is 26.9 Å². The summed E-state index contributed by atoms with van der Waals surface area (Å²) < 4.78 is 16.7. The summed E-state index contributed by atoms with van der Waals surface area (Å²) in [5.41, 5.74) is 4.50. The van der Waals surface area contributed by atoms with Crippen LogP contribution in [0.25, 0.3) is 0 Å². The molecule has 0 amide bonds. The van der Waals surface area contributed by atoms with Crippen LogP contribution in [0.3, 0.4) is 0 Å². The van der Waals surface area contributed by atoms with Gasteiger partial charge in [-0.1, -0.05) is 40.2 Å². The van der Waals surface area contributed by atoms with Crippen LogP contribution in [0.2, 0.25) is 0 Å². The van der Waals surface area contributed by atoms with Gasteiger partial charge >= 0.3 is 5.97 Å². The number of hydrogen-bond donors (Lipinski definition) is 1. The number of halogens is 1. The highest BCUT2D eigenvalue weighted by Gasteiger charge is 2.41. The van der Waals surface area contributed by atoms with Crippen molar-refractivity contribution in [2.45, 2.75) is 31.6 Å². The summed E-state index contributed by atoms with van der Waals surface area (Å²) in [6.45, 7) is 1.85. The number of benzene rings is 2. The largest absolute Gasteiger partial charge is 0.493 e. The molecule has 4 rings (SSSR count). The maximum Gasteiger partial charge on any atom is 0.336 e. The molecule has 0 spiro atoms. The molecule has 0 saturated heterocycles. The summed E-state index contributed by atoms with van der Waals surface area (Å²) in [7, 11) is 4.56. The van der Waals surface area contributed by atoms with E-state index in [1.54, 1.807) is 14.2 Å². The number of ether oxygens (including phenoxy) is 3. The smallest absolute Gasteiger partial charge is 0.336 e. The number of carbonyl (C=O) groups is 2. The first-order chi connectivity index (χ1) is 15.9. The molecule has 0 saturated carbocycles. The van der Waals surface area contributed by atoms with E-state index in [-0.39, 0.29) is 11.7 Å². The minimum Gasteiger partial charge on any atom is -0.493 e. The molecule has 1 N–H and O–H groups in total. The van der Waals surface area contributed by atoms with Crippen LogP contribution in [0.15, 0.2) is 69.5 Å². The summed E-state index contributed by atoms with van der Waals surface area (Å²) in [4.78, 5) is 26.4. The van der Waals surface area contributed by atoms with Crippen molar-refractivity contribution in [3.05, 3.63) is 80.6 Å². The van der Waals surface area contributed by atoms with Crippen molar-refractivity contribution in [3.63, 3.8) is 0 Å². The van der Waals surface area contributed by atoms with Gasteiger partial charge in [0.1, 0.15) is 0 Å². The topological polar surface area (TPSA) is 73.9 Å². The third-order valence-electron chi connectivity index (χ3n) is 6.33. The number of ketones is 1. The van der Waals surface area contributed by atoms with Gasteiger partial charge in [-0.25, -0.2) is 4.79 Å². The molecule has 0 bridgehead atoms. The molecule has 1 aliphatic carbocycles. The molecule has 2 aromatic carbocycles. The van der Waals surface area contributed by atoms with Crippen molar-refractivity contribution < 1.29 is 23.8 Å². The lowest BCUT2D eigenvalue weighted by Crippen LogP contribution is -2.36. The minimum absolute atomic E-state index is 0.0122. The molecule has 0 fully saturated rings. The van der Waals surface area contributed by atoms with Crippen molar-refractivity contribution in [1.29, 1.82) is 0 Å². The minimum atomic E-state index is -0.497. The van der Waals surface area contributed by atoms with Crippen LogP contribution in [0.5, 0.6) is 11.5 Å². The third kappa shape index (κ3) is 4.17. The van der Waals surface area contributed by atoms with Crippen LogP contribution in [0.1, 0.15) is 42.7 Å². The fraction of sp³-hybridized carbons (Fsp3) is 0.308. The first-order valence-electron chi connectivity index (χ1n) is 10.7. The first kappa shape index (κ1) is 23.1. The number of methoxy groups -OCH3 is 3. The van der Waals surface area contributed by atoms with Gasteiger partial charge in [0.2, 0.25) is 0 Å². The van der Waals surface area contributed by atoms with Crippen molar-refractivity contribution in [2.24, 2.45) is 0 Å². The van der Waals surface area contributed by atoms with E-state index in [0.29, 0.717) is 41.2 Å². The van der Waals surface area contributed by atoms with E-state index in [0.717, 1.165) is 21.3 Å². The third-order valence-corrected chi connectivity index (χ3v) is 7.05. The van der Waals surface area contributed by atoms with Crippen LogP contribution in [0, 0.1) is 0 Å². The van der Waals surface area contributed by atoms with Crippen molar-refractivity contribution in [2.75, 3.05) is 21.3 Å². The normalized spacial score (nSPS) is 20.2. The van der Waals surface area contributed by atoms with Crippen LogP contribution in [0.4, 0.5) is 0 Å². The number of nitrogens with one attached hydrogen (secondary N) is 1. The Hall–Kier alpha value is -3.06. The van der Waals surface area contributed by atoms with Crippen LogP contribution >= 0.6 is 15.9 Å². The Morgan fingerprint density at radius 2 is 1.76 bits per heavy atom. The molecule has 2 aliphatic rings. The van der Waals surface area contributed by atoms with Crippen LogP contribution in [-0.4, -0.2) is 33.1 Å². The maximum atomic E-state index is 13.6. The van der Waals surface area contributed by atoms with Gasteiger partial charge in [-0.15, -0.1) is 0 Å². The number of esters is 1. The fourth-order valence-corrected chi connectivity index (χ4v) is 5.30. The van der Waals surface area contributed by atoms with Gasteiger partial charge in [-0.3, -0.25) is 4.79 Å². The highest BCUT2D eigenvalue weighted by atomic mass is 79.9. The molecule has 33 heavy (non-hydrogen) atoms. The molecule has 172 valence electrons. The maximum absolute atomic E-state index is 13.6. The first-order valence-corrected chi connectivity index (χ1v) is 11.5. The van der Waals surface area contributed by atoms with E-state index >= 15 is 0 Å². The Labute approximate surface area is 201 Å².